The molecule has 1 aliphatic rings. The van der Waals surface area contributed by atoms with Crippen molar-refractivity contribution in [1.82, 2.24) is 20.3 Å². The van der Waals surface area contributed by atoms with E-state index in [2.05, 4.69) is 34.0 Å². The van der Waals surface area contributed by atoms with Crippen molar-refractivity contribution in [2.45, 2.75) is 20.0 Å². The first-order valence-electron chi connectivity index (χ1n) is 9.93. The first kappa shape index (κ1) is 19.3. The van der Waals surface area contributed by atoms with Gasteiger partial charge in [0.05, 0.1) is 29.9 Å². The highest BCUT2D eigenvalue weighted by molar-refractivity contribution is 6.06. The minimum absolute atomic E-state index is 0.0855. The minimum atomic E-state index is -0.256. The molecule has 0 spiro atoms. The van der Waals surface area contributed by atoms with Gasteiger partial charge in [0.25, 0.3) is 5.91 Å². The highest BCUT2D eigenvalue weighted by Gasteiger charge is 2.26. The Kier molecular flexibility index (Phi) is 5.67. The third-order valence-electron chi connectivity index (χ3n) is 4.88. The van der Waals surface area contributed by atoms with Crippen LogP contribution < -0.4 is 10.2 Å². The molecule has 0 bridgehead atoms. The van der Waals surface area contributed by atoms with Crippen LogP contribution in [0, 0.1) is 5.92 Å². The number of benzene rings is 1. The molecule has 1 aromatic carbocycles. The topological polar surface area (TPSA) is 80.2 Å². The number of morpholine rings is 1. The SMILES string of the molecule is CC(C)CNC(=O)c1cc(C2CN(c3ncccn3)CCO2)nc2ccccc12. The number of ether oxygens (including phenoxy) is 1. The second-order valence-corrected chi connectivity index (χ2v) is 7.57. The van der Waals surface area contributed by atoms with Crippen LogP contribution in [0.25, 0.3) is 10.9 Å². The van der Waals surface area contributed by atoms with E-state index in [-0.39, 0.29) is 12.0 Å². The van der Waals surface area contributed by atoms with E-state index < -0.39 is 0 Å². The Bertz CT molecular complexity index is 993. The Hall–Kier alpha value is -3.06. The van der Waals surface area contributed by atoms with Crippen molar-refractivity contribution in [1.29, 1.82) is 0 Å². The summed E-state index contributed by atoms with van der Waals surface area (Å²) in [6.45, 7) is 6.63. The third kappa shape index (κ3) is 4.35. The van der Waals surface area contributed by atoms with E-state index in [1.165, 1.54) is 0 Å². The van der Waals surface area contributed by atoms with Crippen LogP contribution in [0.5, 0.6) is 0 Å². The fourth-order valence-electron chi connectivity index (χ4n) is 3.41. The van der Waals surface area contributed by atoms with Crippen LogP contribution in [0.4, 0.5) is 5.95 Å². The van der Waals surface area contributed by atoms with Gasteiger partial charge in [0.2, 0.25) is 5.95 Å². The molecule has 1 N–H and O–H groups in total. The van der Waals surface area contributed by atoms with Crippen LogP contribution in [0.15, 0.2) is 48.8 Å². The van der Waals surface area contributed by atoms with Crippen molar-refractivity contribution in [3.63, 3.8) is 0 Å². The monoisotopic (exact) mass is 391 g/mol. The van der Waals surface area contributed by atoms with Gasteiger partial charge in [0, 0.05) is 30.9 Å². The molecule has 1 atom stereocenters. The van der Waals surface area contributed by atoms with Crippen molar-refractivity contribution in [2.24, 2.45) is 5.92 Å². The molecule has 1 amide bonds. The summed E-state index contributed by atoms with van der Waals surface area (Å²) in [6.07, 6.45) is 3.21. The molecule has 1 unspecified atom stereocenters. The maximum atomic E-state index is 12.9. The summed E-state index contributed by atoms with van der Waals surface area (Å²) in [6, 6.07) is 11.4. The van der Waals surface area contributed by atoms with Gasteiger partial charge >= 0.3 is 0 Å². The molecular formula is C22H25N5O2. The predicted octanol–water partition coefficient (Wildman–Crippen LogP) is 2.99. The summed E-state index contributed by atoms with van der Waals surface area (Å²) >= 11 is 0. The lowest BCUT2D eigenvalue weighted by molar-refractivity contribution is 0.0366. The second kappa shape index (κ2) is 8.53. The molecule has 29 heavy (non-hydrogen) atoms. The van der Waals surface area contributed by atoms with E-state index in [4.69, 9.17) is 9.72 Å². The number of pyridine rings is 1. The van der Waals surface area contributed by atoms with Crippen LogP contribution in [-0.4, -0.2) is 47.1 Å². The molecule has 1 aliphatic heterocycles. The van der Waals surface area contributed by atoms with Crippen LogP contribution in [0.2, 0.25) is 0 Å². The Labute approximate surface area is 170 Å². The maximum Gasteiger partial charge on any atom is 0.252 e. The second-order valence-electron chi connectivity index (χ2n) is 7.57. The van der Waals surface area contributed by atoms with E-state index in [1.807, 2.05) is 30.3 Å². The van der Waals surface area contributed by atoms with E-state index in [1.54, 1.807) is 18.5 Å². The largest absolute Gasteiger partial charge is 0.368 e. The third-order valence-corrected chi connectivity index (χ3v) is 4.88. The zero-order valence-electron chi connectivity index (χ0n) is 16.7. The van der Waals surface area contributed by atoms with Gasteiger partial charge in [-0.1, -0.05) is 32.0 Å². The van der Waals surface area contributed by atoms with E-state index in [0.29, 0.717) is 37.1 Å². The molecule has 4 rings (SSSR count). The molecule has 3 heterocycles. The molecule has 0 aliphatic carbocycles. The average molecular weight is 391 g/mol. The van der Waals surface area contributed by atoms with Crippen molar-refractivity contribution >= 4 is 22.8 Å². The molecule has 7 heteroatoms. The first-order chi connectivity index (χ1) is 14.1. The van der Waals surface area contributed by atoms with Gasteiger partial charge in [-0.3, -0.25) is 4.79 Å². The summed E-state index contributed by atoms with van der Waals surface area (Å²) < 4.78 is 6.01. The molecule has 0 radical (unpaired) electrons. The number of anilines is 1. The lowest BCUT2D eigenvalue weighted by atomic mass is 10.0. The summed E-state index contributed by atoms with van der Waals surface area (Å²) in [5.41, 5.74) is 2.17. The van der Waals surface area contributed by atoms with Crippen LogP contribution in [-0.2, 0) is 4.74 Å². The first-order valence-corrected chi connectivity index (χ1v) is 9.93. The van der Waals surface area contributed by atoms with Crippen LogP contribution in [0.1, 0.15) is 36.0 Å². The summed E-state index contributed by atoms with van der Waals surface area (Å²) in [7, 11) is 0. The molecule has 3 aromatic rings. The molecule has 2 aromatic heterocycles. The maximum absolute atomic E-state index is 12.9. The lowest BCUT2D eigenvalue weighted by Crippen LogP contribution is -2.39. The number of aromatic nitrogens is 3. The fourth-order valence-corrected chi connectivity index (χ4v) is 3.41. The van der Waals surface area contributed by atoms with Gasteiger partial charge in [0.15, 0.2) is 0 Å². The zero-order chi connectivity index (χ0) is 20.2. The lowest BCUT2D eigenvalue weighted by Gasteiger charge is -2.32. The molecule has 1 saturated heterocycles. The van der Waals surface area contributed by atoms with Crippen molar-refractivity contribution in [3.8, 4) is 0 Å². The van der Waals surface area contributed by atoms with Gasteiger partial charge in [-0.05, 0) is 24.1 Å². The van der Waals surface area contributed by atoms with Gasteiger partial charge in [-0.2, -0.15) is 0 Å². The number of hydrogen-bond donors (Lipinski definition) is 1. The van der Waals surface area contributed by atoms with Crippen molar-refractivity contribution in [2.75, 3.05) is 31.1 Å². The Morgan fingerprint density at radius 2 is 2.03 bits per heavy atom. The van der Waals surface area contributed by atoms with Gasteiger partial charge in [-0.15, -0.1) is 0 Å². The summed E-state index contributed by atoms with van der Waals surface area (Å²) in [4.78, 5) is 28.4. The molecular weight excluding hydrogens is 366 g/mol. The Morgan fingerprint density at radius 3 is 2.83 bits per heavy atom. The Balaban J connectivity index is 1.65. The number of carbonyl (C=O) groups excluding carboxylic acids is 1. The number of rotatable bonds is 5. The number of nitrogens with zero attached hydrogens (tertiary/aromatic N) is 4. The standard InChI is InChI=1S/C22H25N5O2/c1-15(2)13-25-21(28)17-12-19(26-18-7-4-3-6-16(17)18)20-14-27(10-11-29-20)22-23-8-5-9-24-22/h3-9,12,15,20H,10-11,13-14H2,1-2H3,(H,25,28). The van der Waals surface area contributed by atoms with Crippen LogP contribution in [0.3, 0.4) is 0 Å². The fraction of sp³-hybridized carbons (Fsp3) is 0.364. The number of amides is 1. The number of nitrogens with one attached hydrogen (secondary N) is 1. The minimum Gasteiger partial charge on any atom is -0.368 e. The smallest absolute Gasteiger partial charge is 0.252 e. The number of fused-ring (bicyclic) bond motifs is 1. The normalized spacial score (nSPS) is 16.9. The summed E-state index contributed by atoms with van der Waals surface area (Å²) in [5.74, 6) is 0.974. The van der Waals surface area contributed by atoms with Crippen molar-refractivity contribution in [3.05, 3.63) is 60.0 Å². The Morgan fingerprint density at radius 1 is 1.24 bits per heavy atom. The van der Waals surface area contributed by atoms with E-state index in [0.717, 1.165) is 23.1 Å². The van der Waals surface area contributed by atoms with Crippen LogP contribution >= 0.6 is 0 Å². The zero-order valence-corrected chi connectivity index (χ0v) is 16.7. The summed E-state index contributed by atoms with van der Waals surface area (Å²) in [5, 5.41) is 3.86. The predicted molar refractivity (Wildman–Crippen MR) is 112 cm³/mol. The quantitative estimate of drug-likeness (QED) is 0.720. The molecule has 1 fully saturated rings. The van der Waals surface area contributed by atoms with Gasteiger partial charge in [-0.25, -0.2) is 15.0 Å². The van der Waals surface area contributed by atoms with E-state index >= 15 is 0 Å². The molecule has 150 valence electrons. The van der Waals surface area contributed by atoms with E-state index in [9.17, 15) is 4.79 Å². The highest BCUT2D eigenvalue weighted by Crippen LogP contribution is 2.27. The van der Waals surface area contributed by atoms with Gasteiger partial charge < -0.3 is 15.0 Å². The molecule has 7 nitrogen and oxygen atoms in total. The number of para-hydroxylation sites is 1. The average Bonchev–Trinajstić information content (AvgIpc) is 2.77. The number of hydrogen-bond acceptors (Lipinski definition) is 6. The van der Waals surface area contributed by atoms with Gasteiger partial charge in [0.1, 0.15) is 6.10 Å². The highest BCUT2D eigenvalue weighted by atomic mass is 16.5. The number of carbonyl (C=O) groups is 1. The molecule has 0 saturated carbocycles. The van der Waals surface area contributed by atoms with Crippen molar-refractivity contribution < 1.29 is 9.53 Å².